The molecule has 1 atom stereocenters. The number of carbonyl (C=O) groups excluding carboxylic acids is 1. The molecule has 128 valence electrons. The minimum absolute atomic E-state index is 0.0474. The van der Waals surface area contributed by atoms with Gasteiger partial charge in [-0.05, 0) is 42.5 Å². The van der Waals surface area contributed by atoms with Crippen LogP contribution >= 0.6 is 11.6 Å². The Balaban J connectivity index is 1.72. The first kappa shape index (κ1) is 16.1. The van der Waals surface area contributed by atoms with E-state index in [1.165, 1.54) is 24.3 Å². The Labute approximate surface area is 150 Å². The zero-order valence-electron chi connectivity index (χ0n) is 13.0. The van der Waals surface area contributed by atoms with E-state index in [4.69, 9.17) is 11.6 Å². The molecule has 0 amide bonds. The molecule has 2 aliphatic heterocycles. The Morgan fingerprint density at radius 2 is 1.92 bits per heavy atom. The SMILES string of the molecule is O=C1CCNC2=CC=C(NS(=O)(=O)c3ccc(Cl)cc3)C3=CC=NC123. The second-order valence-electron chi connectivity index (χ2n) is 5.89. The summed E-state index contributed by atoms with van der Waals surface area (Å²) in [4.78, 5) is 17.1. The first-order chi connectivity index (χ1) is 11.9. The number of sulfonamides is 1. The molecule has 8 heteroatoms. The van der Waals surface area contributed by atoms with Crippen LogP contribution in [0.5, 0.6) is 0 Å². The van der Waals surface area contributed by atoms with Crippen molar-refractivity contribution in [3.05, 3.63) is 64.5 Å². The molecule has 1 aliphatic carbocycles. The zero-order chi connectivity index (χ0) is 17.7. The number of aliphatic imine (C=N–C) groups is 1. The summed E-state index contributed by atoms with van der Waals surface area (Å²) >= 11 is 5.81. The maximum Gasteiger partial charge on any atom is 0.261 e. The van der Waals surface area contributed by atoms with Crippen molar-refractivity contribution in [2.75, 3.05) is 6.54 Å². The molecule has 0 bridgehead atoms. The van der Waals surface area contributed by atoms with Gasteiger partial charge in [0.1, 0.15) is 0 Å². The third-order valence-electron chi connectivity index (χ3n) is 4.44. The van der Waals surface area contributed by atoms with Crippen molar-refractivity contribution >= 4 is 33.6 Å². The van der Waals surface area contributed by atoms with Crippen LogP contribution in [0.25, 0.3) is 0 Å². The van der Waals surface area contributed by atoms with E-state index in [2.05, 4.69) is 15.0 Å². The lowest BCUT2D eigenvalue weighted by Crippen LogP contribution is -2.52. The molecule has 0 saturated carbocycles. The first-order valence-electron chi connectivity index (χ1n) is 7.68. The number of Topliss-reactive ketones (excluding diaryl/α,β-unsaturated/α-hetero) is 1. The summed E-state index contributed by atoms with van der Waals surface area (Å²) in [5, 5.41) is 3.64. The number of piperidine rings is 1. The number of halogens is 1. The van der Waals surface area contributed by atoms with Crippen molar-refractivity contribution in [3.8, 4) is 0 Å². The van der Waals surface area contributed by atoms with Gasteiger partial charge in [-0.25, -0.2) is 8.42 Å². The molecule has 1 unspecified atom stereocenters. The monoisotopic (exact) mass is 375 g/mol. The van der Waals surface area contributed by atoms with Crippen molar-refractivity contribution < 1.29 is 13.2 Å². The molecular formula is C17H14ClN3O3S. The van der Waals surface area contributed by atoms with Gasteiger partial charge in [0.25, 0.3) is 10.0 Å². The van der Waals surface area contributed by atoms with E-state index < -0.39 is 15.6 Å². The van der Waals surface area contributed by atoms with Crippen LogP contribution in [0.1, 0.15) is 6.42 Å². The molecule has 3 aliphatic rings. The van der Waals surface area contributed by atoms with Gasteiger partial charge in [0.15, 0.2) is 11.3 Å². The van der Waals surface area contributed by atoms with Crippen molar-refractivity contribution in [2.45, 2.75) is 16.9 Å². The average molecular weight is 376 g/mol. The summed E-state index contributed by atoms with van der Waals surface area (Å²) in [5.41, 5.74) is 0.413. The second-order valence-corrected chi connectivity index (χ2v) is 8.01. The molecule has 1 fully saturated rings. The molecule has 6 nitrogen and oxygen atoms in total. The van der Waals surface area contributed by atoms with E-state index in [-0.39, 0.29) is 10.7 Å². The van der Waals surface area contributed by atoms with Crippen LogP contribution in [-0.2, 0) is 14.8 Å². The van der Waals surface area contributed by atoms with Crippen LogP contribution in [0, 0.1) is 0 Å². The van der Waals surface area contributed by atoms with E-state index in [1.807, 2.05) is 0 Å². The Kier molecular flexibility index (Phi) is 3.59. The lowest BCUT2D eigenvalue weighted by atomic mass is 9.76. The van der Waals surface area contributed by atoms with Crippen LogP contribution in [0.4, 0.5) is 0 Å². The highest BCUT2D eigenvalue weighted by molar-refractivity contribution is 7.89. The van der Waals surface area contributed by atoms with Gasteiger partial charge >= 0.3 is 0 Å². The molecular weight excluding hydrogens is 362 g/mol. The number of nitrogens with zero attached hydrogens (tertiary/aromatic N) is 1. The largest absolute Gasteiger partial charge is 0.385 e. The molecule has 2 N–H and O–H groups in total. The number of hydrogen-bond acceptors (Lipinski definition) is 5. The minimum Gasteiger partial charge on any atom is -0.385 e. The summed E-state index contributed by atoms with van der Waals surface area (Å²) in [6.07, 6.45) is 6.91. The van der Waals surface area contributed by atoms with Gasteiger partial charge in [-0.3, -0.25) is 14.5 Å². The predicted molar refractivity (Wildman–Crippen MR) is 94.9 cm³/mol. The van der Waals surface area contributed by atoms with E-state index in [0.29, 0.717) is 35.0 Å². The minimum atomic E-state index is -3.81. The lowest BCUT2D eigenvalue weighted by molar-refractivity contribution is -0.122. The highest BCUT2D eigenvalue weighted by Gasteiger charge is 2.51. The number of carbonyl (C=O) groups is 1. The number of hydrogen-bond donors (Lipinski definition) is 2. The van der Waals surface area contributed by atoms with Gasteiger partial charge in [0, 0.05) is 29.8 Å². The van der Waals surface area contributed by atoms with Crippen molar-refractivity contribution in [2.24, 2.45) is 4.99 Å². The number of nitrogens with one attached hydrogen (secondary N) is 2. The third kappa shape index (κ3) is 2.42. The van der Waals surface area contributed by atoms with Gasteiger partial charge in [0.05, 0.1) is 16.3 Å². The zero-order valence-corrected chi connectivity index (χ0v) is 14.6. The van der Waals surface area contributed by atoms with Crippen LogP contribution in [0.15, 0.2) is 69.3 Å². The van der Waals surface area contributed by atoms with Crippen LogP contribution in [-0.4, -0.2) is 32.5 Å². The fourth-order valence-corrected chi connectivity index (χ4v) is 4.45. The molecule has 4 rings (SSSR count). The average Bonchev–Trinajstić information content (AvgIpc) is 3.02. The molecule has 2 heterocycles. The number of rotatable bonds is 3. The molecule has 1 aromatic carbocycles. The highest BCUT2D eigenvalue weighted by Crippen LogP contribution is 2.42. The van der Waals surface area contributed by atoms with Gasteiger partial charge in [-0.15, -0.1) is 0 Å². The number of benzene rings is 1. The van der Waals surface area contributed by atoms with Gasteiger partial charge < -0.3 is 5.32 Å². The second kappa shape index (κ2) is 5.57. The fraction of sp³-hybridized carbons (Fsp3) is 0.176. The van der Waals surface area contributed by atoms with E-state index in [1.54, 1.807) is 24.4 Å². The lowest BCUT2D eigenvalue weighted by Gasteiger charge is -2.38. The fourth-order valence-electron chi connectivity index (χ4n) is 3.25. The quantitative estimate of drug-likeness (QED) is 0.841. The molecule has 0 aromatic heterocycles. The van der Waals surface area contributed by atoms with E-state index in [9.17, 15) is 13.2 Å². The highest BCUT2D eigenvalue weighted by atomic mass is 35.5. The summed E-state index contributed by atoms with van der Waals surface area (Å²) in [6.45, 7) is 0.550. The molecule has 1 spiro atoms. The van der Waals surface area contributed by atoms with E-state index in [0.717, 1.165) is 0 Å². The summed E-state index contributed by atoms with van der Waals surface area (Å²) in [7, 11) is -3.81. The van der Waals surface area contributed by atoms with Crippen LogP contribution in [0.2, 0.25) is 5.02 Å². The Hall–Kier alpha value is -2.38. The van der Waals surface area contributed by atoms with E-state index >= 15 is 0 Å². The molecule has 0 radical (unpaired) electrons. The van der Waals surface area contributed by atoms with Crippen molar-refractivity contribution in [1.82, 2.24) is 10.0 Å². The molecule has 25 heavy (non-hydrogen) atoms. The smallest absolute Gasteiger partial charge is 0.261 e. The first-order valence-corrected chi connectivity index (χ1v) is 9.54. The normalized spacial score (nSPS) is 24.5. The summed E-state index contributed by atoms with van der Waals surface area (Å²) in [5.74, 6) is -0.0474. The predicted octanol–water partition coefficient (Wildman–Crippen LogP) is 1.71. The van der Waals surface area contributed by atoms with Crippen LogP contribution < -0.4 is 10.0 Å². The van der Waals surface area contributed by atoms with Crippen molar-refractivity contribution in [3.63, 3.8) is 0 Å². The molecule has 1 saturated heterocycles. The van der Waals surface area contributed by atoms with Gasteiger partial charge in [-0.2, -0.15) is 0 Å². The summed E-state index contributed by atoms with van der Waals surface area (Å²) in [6, 6.07) is 5.88. The number of ketones is 1. The van der Waals surface area contributed by atoms with Crippen LogP contribution in [0.3, 0.4) is 0 Å². The Bertz CT molecular complexity index is 990. The van der Waals surface area contributed by atoms with Crippen molar-refractivity contribution in [1.29, 1.82) is 0 Å². The standard InChI is InChI=1S/C17H14ClN3O3S/c18-11-1-3-12(4-2-11)25(23,24)21-14-5-6-15-17(13(14)7-10-20-17)16(22)8-9-19-15/h1-7,10,19,21H,8-9H2. The summed E-state index contributed by atoms with van der Waals surface area (Å²) < 4.78 is 27.9. The maximum absolute atomic E-state index is 12.7. The Morgan fingerprint density at radius 3 is 2.68 bits per heavy atom. The Morgan fingerprint density at radius 1 is 1.16 bits per heavy atom. The van der Waals surface area contributed by atoms with Gasteiger partial charge in [-0.1, -0.05) is 11.6 Å². The third-order valence-corrected chi connectivity index (χ3v) is 6.07. The van der Waals surface area contributed by atoms with Gasteiger partial charge in [0.2, 0.25) is 0 Å². The maximum atomic E-state index is 12.7. The topological polar surface area (TPSA) is 87.6 Å². The molecule has 1 aromatic rings. The number of allylic oxidation sites excluding steroid dienone is 3.